The fourth-order valence-corrected chi connectivity index (χ4v) is 3.38. The Labute approximate surface area is 203 Å². The number of rotatable bonds is 9. The lowest BCUT2D eigenvalue weighted by Gasteiger charge is -2.34. The lowest BCUT2D eigenvalue weighted by Crippen LogP contribution is -2.49. The van der Waals surface area contributed by atoms with E-state index in [1.54, 1.807) is 0 Å². The van der Waals surface area contributed by atoms with E-state index in [0.29, 0.717) is 6.54 Å². The second-order valence-corrected chi connectivity index (χ2v) is 7.74. The van der Waals surface area contributed by atoms with Gasteiger partial charge in [0.05, 0.1) is 6.54 Å². The molecule has 7 nitrogen and oxygen atoms in total. The Kier molecular flexibility index (Phi) is 11.6. The van der Waals surface area contributed by atoms with E-state index in [4.69, 9.17) is 4.99 Å². The maximum Gasteiger partial charge on any atom is 0.225 e. The highest BCUT2D eigenvalue weighted by Gasteiger charge is 2.18. The summed E-state index contributed by atoms with van der Waals surface area (Å²) in [7, 11) is 0. The Morgan fingerprint density at radius 3 is 2.35 bits per heavy atom. The molecule has 1 aliphatic rings. The smallest absolute Gasteiger partial charge is 0.225 e. The largest absolute Gasteiger partial charge is 0.356 e. The Bertz CT molecular complexity index is 759. The van der Waals surface area contributed by atoms with Crippen LogP contribution in [0.4, 0.5) is 5.95 Å². The number of hydrogen-bond donors (Lipinski definition) is 2. The minimum absolute atomic E-state index is 0. The fraction of sp³-hybridized carbons (Fsp3) is 0.522. The molecule has 1 fully saturated rings. The first-order valence-electron chi connectivity index (χ1n) is 11.1. The molecule has 31 heavy (non-hydrogen) atoms. The molecule has 1 aliphatic heterocycles. The zero-order valence-corrected chi connectivity index (χ0v) is 21.1. The number of hydrogen-bond acceptors (Lipinski definition) is 5. The molecular formula is C23H36IN7. The number of aliphatic imine (C=N–C) groups is 1. The normalized spacial score (nSPS) is 14.8. The first-order chi connectivity index (χ1) is 14.7. The molecule has 2 heterocycles. The van der Waals surface area contributed by atoms with Crippen LogP contribution in [0.1, 0.15) is 30.9 Å². The van der Waals surface area contributed by atoms with Gasteiger partial charge in [-0.25, -0.2) is 15.0 Å². The number of aromatic nitrogens is 2. The van der Waals surface area contributed by atoms with Gasteiger partial charge in [0.15, 0.2) is 5.96 Å². The fourth-order valence-electron chi connectivity index (χ4n) is 3.38. The van der Waals surface area contributed by atoms with E-state index in [0.717, 1.165) is 64.1 Å². The minimum Gasteiger partial charge on any atom is -0.356 e. The summed E-state index contributed by atoms with van der Waals surface area (Å²) in [6.45, 7) is 11.8. The zero-order valence-electron chi connectivity index (χ0n) is 18.8. The van der Waals surface area contributed by atoms with E-state index in [1.807, 2.05) is 18.5 Å². The molecule has 2 N–H and O–H groups in total. The Morgan fingerprint density at radius 2 is 1.68 bits per heavy atom. The number of anilines is 1. The summed E-state index contributed by atoms with van der Waals surface area (Å²) >= 11 is 0. The van der Waals surface area contributed by atoms with E-state index in [2.05, 4.69) is 68.5 Å². The van der Waals surface area contributed by atoms with Crippen molar-refractivity contribution in [3.8, 4) is 0 Å². The van der Waals surface area contributed by atoms with E-state index < -0.39 is 0 Å². The van der Waals surface area contributed by atoms with E-state index >= 15 is 0 Å². The molecular weight excluding hydrogens is 501 g/mol. The monoisotopic (exact) mass is 537 g/mol. The van der Waals surface area contributed by atoms with Gasteiger partial charge in [0, 0.05) is 58.2 Å². The highest BCUT2D eigenvalue weighted by molar-refractivity contribution is 14.0. The number of nitrogens with zero attached hydrogens (tertiary/aromatic N) is 5. The van der Waals surface area contributed by atoms with Gasteiger partial charge in [0.25, 0.3) is 0 Å². The number of piperazine rings is 1. The topological polar surface area (TPSA) is 68.7 Å². The van der Waals surface area contributed by atoms with Crippen molar-refractivity contribution in [3.63, 3.8) is 0 Å². The SMILES string of the molecule is CCCCNC(=NCc1ccc(C)cc1)NCCN1CCN(c2ncccn2)CC1.I. The van der Waals surface area contributed by atoms with Crippen LogP contribution in [0.3, 0.4) is 0 Å². The van der Waals surface area contributed by atoms with Crippen LogP contribution in [0, 0.1) is 6.92 Å². The van der Waals surface area contributed by atoms with Crippen molar-refractivity contribution < 1.29 is 0 Å². The number of guanidine groups is 1. The van der Waals surface area contributed by atoms with Crippen molar-refractivity contribution in [2.45, 2.75) is 33.2 Å². The van der Waals surface area contributed by atoms with Crippen molar-refractivity contribution in [1.82, 2.24) is 25.5 Å². The van der Waals surface area contributed by atoms with Crippen molar-refractivity contribution in [1.29, 1.82) is 0 Å². The molecule has 0 radical (unpaired) electrons. The van der Waals surface area contributed by atoms with Crippen molar-refractivity contribution in [3.05, 3.63) is 53.9 Å². The van der Waals surface area contributed by atoms with Crippen LogP contribution < -0.4 is 15.5 Å². The summed E-state index contributed by atoms with van der Waals surface area (Å²) in [5, 5.41) is 6.97. The van der Waals surface area contributed by atoms with Gasteiger partial charge >= 0.3 is 0 Å². The number of nitrogens with one attached hydrogen (secondary N) is 2. The number of unbranched alkanes of at least 4 members (excludes halogenated alkanes) is 1. The lowest BCUT2D eigenvalue weighted by atomic mass is 10.1. The Hall–Kier alpha value is -1.94. The van der Waals surface area contributed by atoms with Crippen LogP contribution in [0.25, 0.3) is 0 Å². The van der Waals surface area contributed by atoms with Crippen LogP contribution in [-0.4, -0.2) is 66.6 Å². The number of benzene rings is 1. The molecule has 2 aromatic rings. The molecule has 8 heteroatoms. The van der Waals surface area contributed by atoms with Crippen molar-refractivity contribution in [2.24, 2.45) is 4.99 Å². The minimum atomic E-state index is 0. The predicted octanol–water partition coefficient (Wildman–Crippen LogP) is 3.06. The molecule has 170 valence electrons. The van der Waals surface area contributed by atoms with Gasteiger partial charge in [0.2, 0.25) is 5.95 Å². The number of aryl methyl sites for hydroxylation is 1. The first kappa shape index (κ1) is 25.3. The second kappa shape index (κ2) is 14.2. The average Bonchev–Trinajstić information content (AvgIpc) is 2.79. The summed E-state index contributed by atoms with van der Waals surface area (Å²) in [4.78, 5) is 18.2. The summed E-state index contributed by atoms with van der Waals surface area (Å²) in [5.74, 6) is 1.74. The van der Waals surface area contributed by atoms with Crippen molar-refractivity contribution in [2.75, 3.05) is 50.7 Å². The first-order valence-corrected chi connectivity index (χ1v) is 11.1. The predicted molar refractivity (Wildman–Crippen MR) is 139 cm³/mol. The quantitative estimate of drug-likeness (QED) is 0.222. The highest BCUT2D eigenvalue weighted by atomic mass is 127. The zero-order chi connectivity index (χ0) is 21.0. The molecule has 1 aromatic heterocycles. The lowest BCUT2D eigenvalue weighted by molar-refractivity contribution is 0.260. The second-order valence-electron chi connectivity index (χ2n) is 7.74. The average molecular weight is 537 g/mol. The summed E-state index contributed by atoms with van der Waals surface area (Å²) in [6, 6.07) is 10.4. The molecule has 1 saturated heterocycles. The highest BCUT2D eigenvalue weighted by Crippen LogP contribution is 2.09. The molecule has 0 atom stereocenters. The maximum absolute atomic E-state index is 4.78. The van der Waals surface area contributed by atoms with E-state index in [9.17, 15) is 0 Å². The molecule has 1 aromatic carbocycles. The molecule has 0 bridgehead atoms. The molecule has 0 amide bonds. The van der Waals surface area contributed by atoms with E-state index in [-0.39, 0.29) is 24.0 Å². The van der Waals surface area contributed by atoms with Crippen LogP contribution in [-0.2, 0) is 6.54 Å². The van der Waals surface area contributed by atoms with Gasteiger partial charge in [-0.3, -0.25) is 4.90 Å². The molecule has 0 saturated carbocycles. The number of halogens is 1. The Morgan fingerprint density at radius 1 is 1.00 bits per heavy atom. The van der Waals surface area contributed by atoms with Crippen LogP contribution >= 0.6 is 24.0 Å². The van der Waals surface area contributed by atoms with Gasteiger partial charge in [-0.05, 0) is 25.0 Å². The standard InChI is InChI=1S/C23H35N7.HI/c1-3-4-10-24-22(28-19-21-8-6-20(2)7-9-21)25-13-14-29-15-17-30(18-16-29)23-26-11-5-12-27-23;/h5-9,11-12H,3-4,10,13-19H2,1-2H3,(H2,24,25,28);1H. The summed E-state index contributed by atoms with van der Waals surface area (Å²) in [6.07, 6.45) is 5.94. The molecule has 3 rings (SSSR count). The van der Waals surface area contributed by atoms with Gasteiger partial charge < -0.3 is 15.5 Å². The van der Waals surface area contributed by atoms with Gasteiger partial charge in [-0.15, -0.1) is 24.0 Å². The van der Waals surface area contributed by atoms with Gasteiger partial charge in [-0.2, -0.15) is 0 Å². The third kappa shape index (κ3) is 8.98. The van der Waals surface area contributed by atoms with Crippen LogP contribution in [0.2, 0.25) is 0 Å². The van der Waals surface area contributed by atoms with Gasteiger partial charge in [0.1, 0.15) is 0 Å². The molecule has 0 spiro atoms. The van der Waals surface area contributed by atoms with Crippen LogP contribution in [0.15, 0.2) is 47.7 Å². The molecule has 0 aliphatic carbocycles. The van der Waals surface area contributed by atoms with Gasteiger partial charge in [-0.1, -0.05) is 43.2 Å². The van der Waals surface area contributed by atoms with E-state index in [1.165, 1.54) is 17.5 Å². The maximum atomic E-state index is 4.78. The van der Waals surface area contributed by atoms with Crippen LogP contribution in [0.5, 0.6) is 0 Å². The van der Waals surface area contributed by atoms with Crippen molar-refractivity contribution >= 4 is 35.9 Å². The molecule has 0 unspecified atom stereocenters. The summed E-state index contributed by atoms with van der Waals surface area (Å²) in [5.41, 5.74) is 2.51. The third-order valence-electron chi connectivity index (χ3n) is 5.29. The summed E-state index contributed by atoms with van der Waals surface area (Å²) < 4.78 is 0. The Balaban J connectivity index is 0.00000341. The third-order valence-corrected chi connectivity index (χ3v) is 5.29.